The number of halogens is 1. The summed E-state index contributed by atoms with van der Waals surface area (Å²) in [6, 6.07) is 3.39. The van der Waals surface area contributed by atoms with E-state index in [-0.39, 0.29) is 23.2 Å². The Hall–Kier alpha value is -2.37. The van der Waals surface area contributed by atoms with Gasteiger partial charge in [0.25, 0.3) is 5.91 Å². The summed E-state index contributed by atoms with van der Waals surface area (Å²) >= 11 is 0. The third kappa shape index (κ3) is 2.48. The monoisotopic (exact) mass is 248 g/mol. The highest BCUT2D eigenvalue weighted by Gasteiger charge is 2.15. The molecule has 6 heteroatoms. The van der Waals surface area contributed by atoms with Crippen molar-refractivity contribution in [3.63, 3.8) is 0 Å². The van der Waals surface area contributed by atoms with Gasteiger partial charge in [0.2, 0.25) is 0 Å². The molecule has 0 saturated carbocycles. The number of aromatic amines is 1. The van der Waals surface area contributed by atoms with Crippen LogP contribution in [0.25, 0.3) is 0 Å². The lowest BCUT2D eigenvalue weighted by Crippen LogP contribution is -2.28. The van der Waals surface area contributed by atoms with Crippen molar-refractivity contribution in [2.75, 3.05) is 5.73 Å². The molecular formula is C12H13FN4O. The highest BCUT2D eigenvalue weighted by atomic mass is 19.1. The van der Waals surface area contributed by atoms with Crippen LogP contribution in [0.2, 0.25) is 0 Å². The van der Waals surface area contributed by atoms with Crippen LogP contribution in [0.1, 0.15) is 29.1 Å². The SMILES string of the molecule is CC(NC(=O)c1ccc(F)cc1N)c1ncc[nH]1. The second-order valence-electron chi connectivity index (χ2n) is 3.90. The molecule has 1 unspecified atom stereocenters. The van der Waals surface area contributed by atoms with Crippen LogP contribution in [0.5, 0.6) is 0 Å². The van der Waals surface area contributed by atoms with Crippen LogP contribution in [0, 0.1) is 5.82 Å². The average Bonchev–Trinajstić information content (AvgIpc) is 2.81. The van der Waals surface area contributed by atoms with Crippen LogP contribution < -0.4 is 11.1 Å². The maximum atomic E-state index is 12.9. The summed E-state index contributed by atoms with van der Waals surface area (Å²) in [6.45, 7) is 1.79. The number of aromatic nitrogens is 2. The third-order valence-corrected chi connectivity index (χ3v) is 2.54. The Labute approximate surface area is 103 Å². The van der Waals surface area contributed by atoms with E-state index in [2.05, 4.69) is 15.3 Å². The summed E-state index contributed by atoms with van der Waals surface area (Å²) in [5, 5.41) is 2.72. The minimum absolute atomic E-state index is 0.110. The van der Waals surface area contributed by atoms with Gasteiger partial charge in [0.05, 0.1) is 11.6 Å². The maximum Gasteiger partial charge on any atom is 0.253 e. The first-order valence-electron chi connectivity index (χ1n) is 5.43. The number of carbonyl (C=O) groups excluding carboxylic acids is 1. The molecule has 0 spiro atoms. The fourth-order valence-corrected chi connectivity index (χ4v) is 1.60. The van der Waals surface area contributed by atoms with Crippen molar-refractivity contribution in [2.45, 2.75) is 13.0 Å². The van der Waals surface area contributed by atoms with Crippen molar-refractivity contribution in [1.29, 1.82) is 0 Å². The zero-order valence-corrected chi connectivity index (χ0v) is 9.77. The van der Waals surface area contributed by atoms with Gasteiger partial charge in [-0.15, -0.1) is 0 Å². The Kier molecular flexibility index (Phi) is 3.27. The summed E-state index contributed by atoms with van der Waals surface area (Å²) in [6.07, 6.45) is 3.27. The van der Waals surface area contributed by atoms with Crippen LogP contribution in [-0.2, 0) is 0 Å². The molecule has 18 heavy (non-hydrogen) atoms. The second kappa shape index (κ2) is 4.87. The van der Waals surface area contributed by atoms with E-state index >= 15 is 0 Å². The lowest BCUT2D eigenvalue weighted by atomic mass is 10.1. The quantitative estimate of drug-likeness (QED) is 0.722. The van der Waals surface area contributed by atoms with Gasteiger partial charge < -0.3 is 16.0 Å². The highest BCUT2D eigenvalue weighted by Crippen LogP contribution is 2.15. The van der Waals surface area contributed by atoms with Gasteiger partial charge in [-0.25, -0.2) is 9.37 Å². The first-order valence-corrected chi connectivity index (χ1v) is 5.43. The third-order valence-electron chi connectivity index (χ3n) is 2.54. The molecule has 4 N–H and O–H groups in total. The Morgan fingerprint density at radius 1 is 1.56 bits per heavy atom. The molecule has 0 saturated heterocycles. The first-order chi connectivity index (χ1) is 8.58. The van der Waals surface area contributed by atoms with Gasteiger partial charge >= 0.3 is 0 Å². The van der Waals surface area contributed by atoms with E-state index in [1.54, 1.807) is 19.3 Å². The molecule has 2 aromatic rings. The Balaban J connectivity index is 2.12. The van der Waals surface area contributed by atoms with Crippen LogP contribution in [0.15, 0.2) is 30.6 Å². The van der Waals surface area contributed by atoms with Crippen molar-refractivity contribution in [3.05, 3.63) is 47.8 Å². The summed E-state index contributed by atoms with van der Waals surface area (Å²) < 4.78 is 12.9. The number of amides is 1. The van der Waals surface area contributed by atoms with E-state index in [4.69, 9.17) is 5.73 Å². The van der Waals surface area contributed by atoms with Gasteiger partial charge in [-0.3, -0.25) is 4.79 Å². The topological polar surface area (TPSA) is 83.8 Å². The molecular weight excluding hydrogens is 235 g/mol. The fourth-order valence-electron chi connectivity index (χ4n) is 1.60. The van der Waals surface area contributed by atoms with E-state index in [9.17, 15) is 9.18 Å². The predicted octanol–water partition coefficient (Wildman–Crippen LogP) is 1.62. The Morgan fingerprint density at radius 3 is 2.94 bits per heavy atom. The van der Waals surface area contributed by atoms with Gasteiger partial charge in [0.15, 0.2) is 0 Å². The summed E-state index contributed by atoms with van der Waals surface area (Å²) in [4.78, 5) is 18.9. The first kappa shape index (κ1) is 12.1. The minimum Gasteiger partial charge on any atom is -0.398 e. The number of nitrogens with one attached hydrogen (secondary N) is 2. The van der Waals surface area contributed by atoms with E-state index in [1.807, 2.05) is 0 Å². The molecule has 1 heterocycles. The summed E-state index contributed by atoms with van der Waals surface area (Å²) in [5.41, 5.74) is 5.95. The van der Waals surface area contributed by atoms with E-state index < -0.39 is 5.82 Å². The van der Waals surface area contributed by atoms with Crippen LogP contribution in [0.3, 0.4) is 0 Å². The molecule has 0 radical (unpaired) electrons. The molecule has 0 bridgehead atoms. The Bertz CT molecular complexity index is 553. The Morgan fingerprint density at radius 2 is 2.33 bits per heavy atom. The standard InChI is InChI=1S/C12H13FN4O/c1-7(11-15-4-5-16-11)17-12(18)9-3-2-8(13)6-10(9)14/h2-7H,14H2,1H3,(H,15,16)(H,17,18). The second-order valence-corrected chi connectivity index (χ2v) is 3.90. The summed E-state index contributed by atoms with van der Waals surface area (Å²) in [7, 11) is 0. The lowest BCUT2D eigenvalue weighted by Gasteiger charge is -2.12. The smallest absolute Gasteiger partial charge is 0.253 e. The number of anilines is 1. The molecule has 0 fully saturated rings. The van der Waals surface area contributed by atoms with E-state index in [1.165, 1.54) is 12.1 Å². The number of H-pyrrole nitrogens is 1. The lowest BCUT2D eigenvalue weighted by molar-refractivity contribution is 0.0939. The number of benzene rings is 1. The normalized spacial score (nSPS) is 12.1. The number of nitrogen functional groups attached to an aromatic ring is 1. The van der Waals surface area contributed by atoms with Gasteiger partial charge in [-0.05, 0) is 25.1 Å². The molecule has 0 aliphatic carbocycles. The van der Waals surface area contributed by atoms with Crippen molar-refractivity contribution in [1.82, 2.24) is 15.3 Å². The molecule has 1 amide bonds. The van der Waals surface area contributed by atoms with E-state index in [0.29, 0.717) is 5.82 Å². The van der Waals surface area contributed by atoms with Crippen molar-refractivity contribution < 1.29 is 9.18 Å². The number of hydrogen-bond donors (Lipinski definition) is 3. The zero-order valence-electron chi connectivity index (χ0n) is 9.77. The minimum atomic E-state index is -0.469. The summed E-state index contributed by atoms with van der Waals surface area (Å²) in [5.74, 6) is -0.191. The molecule has 2 rings (SSSR count). The molecule has 1 aromatic heterocycles. The maximum absolute atomic E-state index is 12.9. The van der Waals surface area contributed by atoms with Gasteiger partial charge in [-0.2, -0.15) is 0 Å². The predicted molar refractivity (Wildman–Crippen MR) is 65.3 cm³/mol. The zero-order chi connectivity index (χ0) is 13.1. The number of nitrogens with two attached hydrogens (primary N) is 1. The van der Waals surface area contributed by atoms with Gasteiger partial charge in [0.1, 0.15) is 11.6 Å². The molecule has 1 aromatic carbocycles. The van der Waals surface area contributed by atoms with Gasteiger partial charge in [-0.1, -0.05) is 0 Å². The largest absolute Gasteiger partial charge is 0.398 e. The van der Waals surface area contributed by atoms with Crippen LogP contribution in [0.4, 0.5) is 10.1 Å². The number of carbonyl (C=O) groups is 1. The van der Waals surface area contributed by atoms with Gasteiger partial charge in [0, 0.05) is 18.1 Å². The number of nitrogens with zero attached hydrogens (tertiary/aromatic N) is 1. The van der Waals surface area contributed by atoms with E-state index in [0.717, 1.165) is 6.07 Å². The van der Waals surface area contributed by atoms with Crippen molar-refractivity contribution in [3.8, 4) is 0 Å². The molecule has 1 atom stereocenters. The van der Waals surface area contributed by atoms with Crippen LogP contribution >= 0.6 is 0 Å². The molecule has 0 aliphatic rings. The number of rotatable bonds is 3. The number of imidazole rings is 1. The molecule has 5 nitrogen and oxygen atoms in total. The molecule has 94 valence electrons. The molecule has 0 aliphatic heterocycles. The van der Waals surface area contributed by atoms with Crippen LogP contribution in [-0.4, -0.2) is 15.9 Å². The fraction of sp³-hybridized carbons (Fsp3) is 0.167. The number of hydrogen-bond acceptors (Lipinski definition) is 3. The van der Waals surface area contributed by atoms with Crippen molar-refractivity contribution >= 4 is 11.6 Å². The highest BCUT2D eigenvalue weighted by molar-refractivity contribution is 5.99. The van der Waals surface area contributed by atoms with Crippen molar-refractivity contribution in [2.24, 2.45) is 0 Å². The average molecular weight is 248 g/mol.